The summed E-state index contributed by atoms with van der Waals surface area (Å²) in [7, 11) is 3.30. The van der Waals surface area contributed by atoms with Crippen LogP contribution in [0.15, 0.2) is 24.3 Å². The highest BCUT2D eigenvalue weighted by atomic mass is 16.5. The Bertz CT molecular complexity index is 649. The van der Waals surface area contributed by atoms with Crippen molar-refractivity contribution in [1.82, 2.24) is 15.5 Å². The zero-order valence-electron chi connectivity index (χ0n) is 17.4. The van der Waals surface area contributed by atoms with Gasteiger partial charge in [0.05, 0.1) is 20.3 Å². The topological polar surface area (TPSA) is 137 Å². The Morgan fingerprint density at radius 3 is 2.17 bits per heavy atom. The fourth-order valence-electron chi connectivity index (χ4n) is 3.01. The Balaban J connectivity index is 0.000000656. The summed E-state index contributed by atoms with van der Waals surface area (Å²) in [5.74, 6) is -2.78. The van der Waals surface area contributed by atoms with Gasteiger partial charge < -0.3 is 30.3 Å². The highest BCUT2D eigenvalue weighted by molar-refractivity contribution is 6.27. The molecule has 168 valence electrons. The van der Waals surface area contributed by atoms with Gasteiger partial charge in [-0.1, -0.05) is 12.1 Å². The Labute approximate surface area is 176 Å². The molecule has 0 aliphatic carbocycles. The number of carbonyl (C=O) groups is 3. The van der Waals surface area contributed by atoms with E-state index in [2.05, 4.69) is 27.7 Å². The highest BCUT2D eigenvalue weighted by Gasteiger charge is 2.23. The van der Waals surface area contributed by atoms with Crippen LogP contribution in [0.1, 0.15) is 24.4 Å². The number of carboxylic acid groups (broad SMARTS) is 2. The van der Waals surface area contributed by atoms with Crippen LogP contribution in [0.2, 0.25) is 0 Å². The number of ether oxygens (including phenoxy) is 2. The number of nitrogens with one attached hydrogen (secondary N) is 2. The molecule has 0 aromatic heterocycles. The zero-order valence-corrected chi connectivity index (χ0v) is 17.4. The van der Waals surface area contributed by atoms with Gasteiger partial charge in [0.1, 0.15) is 5.75 Å². The highest BCUT2D eigenvalue weighted by Crippen LogP contribution is 2.26. The maximum Gasteiger partial charge on any atom is 0.414 e. The number of rotatable bonds is 10. The minimum atomic E-state index is -1.82. The summed E-state index contributed by atoms with van der Waals surface area (Å²) >= 11 is 0. The molecule has 10 nitrogen and oxygen atoms in total. The molecule has 1 heterocycles. The molecule has 30 heavy (non-hydrogen) atoms. The van der Waals surface area contributed by atoms with E-state index in [-0.39, 0.29) is 11.9 Å². The van der Waals surface area contributed by atoms with Crippen LogP contribution in [0.3, 0.4) is 0 Å². The molecule has 0 spiro atoms. The van der Waals surface area contributed by atoms with E-state index in [0.717, 1.165) is 25.4 Å². The van der Waals surface area contributed by atoms with Crippen LogP contribution in [-0.2, 0) is 19.1 Å². The van der Waals surface area contributed by atoms with Gasteiger partial charge in [-0.3, -0.25) is 9.69 Å². The number of carbonyl (C=O) groups excluding carboxylic acids is 1. The Morgan fingerprint density at radius 1 is 1.07 bits per heavy atom. The summed E-state index contributed by atoms with van der Waals surface area (Å²) in [5.41, 5.74) is 1.25. The lowest BCUT2D eigenvalue weighted by Crippen LogP contribution is -2.40. The molecule has 1 aliphatic heterocycles. The van der Waals surface area contributed by atoms with Crippen molar-refractivity contribution in [1.29, 1.82) is 0 Å². The summed E-state index contributed by atoms with van der Waals surface area (Å²) in [6.45, 7) is 4.38. The van der Waals surface area contributed by atoms with Crippen LogP contribution in [0.25, 0.3) is 0 Å². The lowest BCUT2D eigenvalue weighted by molar-refractivity contribution is -0.159. The molecule has 1 aromatic carbocycles. The van der Waals surface area contributed by atoms with Gasteiger partial charge in [0.2, 0.25) is 5.91 Å². The molecule has 1 atom stereocenters. The van der Waals surface area contributed by atoms with Crippen LogP contribution < -0.4 is 15.4 Å². The summed E-state index contributed by atoms with van der Waals surface area (Å²) in [5, 5.41) is 20.9. The van der Waals surface area contributed by atoms with E-state index in [1.165, 1.54) is 18.4 Å². The third-order valence-corrected chi connectivity index (χ3v) is 4.52. The molecule has 1 aromatic rings. The van der Waals surface area contributed by atoms with E-state index in [1.807, 2.05) is 12.1 Å². The van der Waals surface area contributed by atoms with Crippen LogP contribution in [0.4, 0.5) is 0 Å². The van der Waals surface area contributed by atoms with E-state index in [1.54, 1.807) is 14.2 Å². The molecular weight excluding hydrogens is 394 g/mol. The summed E-state index contributed by atoms with van der Waals surface area (Å²) in [4.78, 5) is 32.5. The van der Waals surface area contributed by atoms with Crippen molar-refractivity contribution in [2.75, 3.05) is 53.6 Å². The van der Waals surface area contributed by atoms with E-state index in [4.69, 9.17) is 29.3 Å². The van der Waals surface area contributed by atoms with Crippen LogP contribution >= 0.6 is 0 Å². The second kappa shape index (κ2) is 14.3. The fourth-order valence-corrected chi connectivity index (χ4v) is 3.01. The summed E-state index contributed by atoms with van der Waals surface area (Å²) < 4.78 is 10.2. The predicted molar refractivity (Wildman–Crippen MR) is 110 cm³/mol. The third-order valence-electron chi connectivity index (χ3n) is 4.52. The van der Waals surface area contributed by atoms with Crippen molar-refractivity contribution in [2.45, 2.75) is 18.9 Å². The largest absolute Gasteiger partial charge is 0.497 e. The first-order chi connectivity index (χ1) is 14.4. The van der Waals surface area contributed by atoms with E-state index < -0.39 is 11.9 Å². The number of likely N-dealkylation sites (tertiary alicyclic amines) is 1. The van der Waals surface area contributed by atoms with Gasteiger partial charge in [-0.15, -0.1) is 0 Å². The number of aliphatic carboxylic acids is 2. The lowest BCUT2D eigenvalue weighted by Gasteiger charge is -2.28. The lowest BCUT2D eigenvalue weighted by atomic mass is 10.1. The van der Waals surface area contributed by atoms with Gasteiger partial charge in [0.15, 0.2) is 0 Å². The minimum Gasteiger partial charge on any atom is -0.497 e. The number of amides is 1. The molecule has 0 saturated carbocycles. The van der Waals surface area contributed by atoms with Gasteiger partial charge in [-0.2, -0.15) is 0 Å². The van der Waals surface area contributed by atoms with E-state index in [0.29, 0.717) is 19.7 Å². The molecule has 4 N–H and O–H groups in total. The first-order valence-electron chi connectivity index (χ1n) is 9.69. The molecule has 1 saturated heterocycles. The third kappa shape index (κ3) is 9.68. The predicted octanol–water partition coefficient (Wildman–Crippen LogP) is 0.340. The Morgan fingerprint density at radius 2 is 1.67 bits per heavy atom. The molecule has 0 radical (unpaired) electrons. The molecule has 1 aliphatic rings. The van der Waals surface area contributed by atoms with Crippen LogP contribution in [-0.4, -0.2) is 86.5 Å². The first-order valence-corrected chi connectivity index (χ1v) is 9.69. The van der Waals surface area contributed by atoms with Crippen molar-refractivity contribution in [2.24, 2.45) is 0 Å². The standard InChI is InChI=1S/C18H29N3O3.C2H2O4/c1-23-12-9-20-18(22)14-19-13-17(21-10-3-4-11-21)15-5-7-16(24-2)8-6-15;3-1(4)2(5)6/h5-8,17,19H,3-4,9-14H2,1-2H3,(H,20,22);(H,3,4)(H,5,6). The quantitative estimate of drug-likeness (QED) is 0.309. The Kier molecular flexibility index (Phi) is 12.1. The van der Waals surface area contributed by atoms with Gasteiger partial charge in [-0.25, -0.2) is 9.59 Å². The van der Waals surface area contributed by atoms with Crippen LogP contribution in [0.5, 0.6) is 5.75 Å². The second-order valence-electron chi connectivity index (χ2n) is 6.62. The van der Waals surface area contributed by atoms with E-state index >= 15 is 0 Å². The smallest absolute Gasteiger partial charge is 0.414 e. The number of hydrogen-bond acceptors (Lipinski definition) is 7. The summed E-state index contributed by atoms with van der Waals surface area (Å²) in [6.07, 6.45) is 2.48. The molecule has 2 rings (SSSR count). The summed E-state index contributed by atoms with van der Waals surface area (Å²) in [6, 6.07) is 8.50. The molecule has 1 fully saturated rings. The second-order valence-corrected chi connectivity index (χ2v) is 6.62. The van der Waals surface area contributed by atoms with Crippen molar-refractivity contribution in [3.05, 3.63) is 29.8 Å². The minimum absolute atomic E-state index is 0.00181. The van der Waals surface area contributed by atoms with Gasteiger partial charge in [0, 0.05) is 26.2 Å². The van der Waals surface area contributed by atoms with Crippen molar-refractivity contribution in [3.8, 4) is 5.75 Å². The fraction of sp³-hybridized carbons (Fsp3) is 0.550. The van der Waals surface area contributed by atoms with E-state index in [9.17, 15) is 4.79 Å². The average Bonchev–Trinajstić information content (AvgIpc) is 3.26. The van der Waals surface area contributed by atoms with Gasteiger partial charge >= 0.3 is 11.9 Å². The SMILES string of the molecule is COCCNC(=O)CNCC(c1ccc(OC)cc1)N1CCCC1.O=C(O)C(=O)O. The van der Waals surface area contributed by atoms with Crippen molar-refractivity contribution < 1.29 is 34.1 Å². The number of benzene rings is 1. The number of carboxylic acids is 2. The number of hydrogen-bond donors (Lipinski definition) is 4. The maximum absolute atomic E-state index is 11.8. The molecule has 1 amide bonds. The molecular formula is C20H31N3O7. The normalized spacial score (nSPS) is 14.3. The van der Waals surface area contributed by atoms with Gasteiger partial charge in [-0.05, 0) is 43.6 Å². The monoisotopic (exact) mass is 425 g/mol. The average molecular weight is 425 g/mol. The molecule has 0 bridgehead atoms. The molecule has 1 unspecified atom stereocenters. The van der Waals surface area contributed by atoms with Gasteiger partial charge in [0.25, 0.3) is 0 Å². The number of methoxy groups -OCH3 is 2. The Hall–Kier alpha value is -2.69. The first kappa shape index (κ1) is 25.3. The number of nitrogens with zero attached hydrogens (tertiary/aromatic N) is 1. The zero-order chi connectivity index (χ0) is 22.4. The van der Waals surface area contributed by atoms with Crippen molar-refractivity contribution >= 4 is 17.8 Å². The molecule has 10 heteroatoms. The maximum atomic E-state index is 11.8. The van der Waals surface area contributed by atoms with Crippen LogP contribution in [0, 0.1) is 0 Å². The van der Waals surface area contributed by atoms with Crippen molar-refractivity contribution in [3.63, 3.8) is 0 Å².